The van der Waals surface area contributed by atoms with Crippen molar-refractivity contribution in [1.29, 1.82) is 0 Å². The number of sulfonamides is 1. The van der Waals surface area contributed by atoms with Crippen LogP contribution in [0.2, 0.25) is 0 Å². The van der Waals surface area contributed by atoms with Crippen LogP contribution in [0.25, 0.3) is 0 Å². The Morgan fingerprint density at radius 2 is 1.76 bits per heavy atom. The van der Waals surface area contributed by atoms with E-state index in [1.54, 1.807) is 11.0 Å². The number of hydrogen-bond donors (Lipinski definition) is 0. The van der Waals surface area contributed by atoms with Crippen LogP contribution in [0.4, 0.5) is 0 Å². The summed E-state index contributed by atoms with van der Waals surface area (Å²) in [5, 5.41) is 0. The van der Waals surface area contributed by atoms with E-state index in [9.17, 15) is 13.2 Å². The molecule has 25 heavy (non-hydrogen) atoms. The molecule has 3 rings (SSSR count). The van der Waals surface area contributed by atoms with Crippen LogP contribution < -0.4 is 9.47 Å². The third-order valence-corrected chi connectivity index (χ3v) is 6.26. The third kappa shape index (κ3) is 3.59. The molecule has 2 aliphatic rings. The summed E-state index contributed by atoms with van der Waals surface area (Å²) in [7, 11) is -3.63. The Hall–Kier alpha value is -1.80. The number of ether oxygens (including phenoxy) is 2. The van der Waals surface area contributed by atoms with Crippen molar-refractivity contribution < 1.29 is 22.7 Å². The van der Waals surface area contributed by atoms with E-state index in [1.807, 2.05) is 20.8 Å². The lowest BCUT2D eigenvalue weighted by atomic mass is 9.94. The fourth-order valence-electron chi connectivity index (χ4n) is 3.00. The molecular formula is C17H24N2O5S. The number of benzene rings is 1. The predicted octanol–water partition coefficient (Wildman–Crippen LogP) is 1.68. The Balaban J connectivity index is 1.76. The van der Waals surface area contributed by atoms with Crippen LogP contribution in [0, 0.1) is 5.41 Å². The predicted molar refractivity (Wildman–Crippen MR) is 92.0 cm³/mol. The molecule has 2 aliphatic heterocycles. The molecule has 138 valence electrons. The minimum absolute atomic E-state index is 0.0508. The number of carbonyl (C=O) groups is 1. The first-order chi connectivity index (χ1) is 11.7. The summed E-state index contributed by atoms with van der Waals surface area (Å²) in [5.41, 5.74) is -0.467. The summed E-state index contributed by atoms with van der Waals surface area (Å²) in [6.07, 6.45) is 0.617. The number of rotatable bonds is 2. The van der Waals surface area contributed by atoms with Crippen LogP contribution in [-0.4, -0.2) is 56.5 Å². The van der Waals surface area contributed by atoms with Gasteiger partial charge in [-0.15, -0.1) is 0 Å². The second kappa shape index (κ2) is 6.49. The van der Waals surface area contributed by atoms with E-state index in [1.165, 1.54) is 16.4 Å². The van der Waals surface area contributed by atoms with Gasteiger partial charge in [-0.05, 0) is 18.6 Å². The minimum atomic E-state index is -3.63. The second-order valence-electron chi connectivity index (χ2n) is 7.31. The maximum atomic E-state index is 12.9. The van der Waals surface area contributed by atoms with Gasteiger partial charge >= 0.3 is 0 Å². The van der Waals surface area contributed by atoms with Crippen molar-refractivity contribution in [3.8, 4) is 11.5 Å². The largest absolute Gasteiger partial charge is 0.454 e. The molecule has 1 aromatic rings. The Bertz CT molecular complexity index is 770. The first-order valence-electron chi connectivity index (χ1n) is 8.39. The number of hydrogen-bond acceptors (Lipinski definition) is 5. The quantitative estimate of drug-likeness (QED) is 0.794. The van der Waals surface area contributed by atoms with Crippen molar-refractivity contribution in [3.63, 3.8) is 0 Å². The smallest absolute Gasteiger partial charge is 0.243 e. The van der Waals surface area contributed by atoms with E-state index in [0.717, 1.165) is 0 Å². The average molecular weight is 368 g/mol. The highest BCUT2D eigenvalue weighted by Crippen LogP contribution is 2.34. The van der Waals surface area contributed by atoms with E-state index in [-0.39, 0.29) is 17.6 Å². The SMILES string of the molecule is CC(C)(C)C(=O)N1CCCN(S(=O)(=O)c2ccc3c(c2)OCO3)CC1. The van der Waals surface area contributed by atoms with Gasteiger partial charge in [-0.2, -0.15) is 4.31 Å². The third-order valence-electron chi connectivity index (χ3n) is 4.37. The Morgan fingerprint density at radius 3 is 2.48 bits per heavy atom. The zero-order chi connectivity index (χ0) is 18.2. The molecule has 2 heterocycles. The molecule has 1 aromatic carbocycles. The number of amides is 1. The summed E-state index contributed by atoms with van der Waals surface area (Å²) in [6.45, 7) is 7.39. The van der Waals surface area contributed by atoms with Gasteiger partial charge in [0.1, 0.15) is 0 Å². The highest BCUT2D eigenvalue weighted by atomic mass is 32.2. The number of carbonyl (C=O) groups excluding carboxylic acids is 1. The van der Waals surface area contributed by atoms with Crippen LogP contribution in [0.1, 0.15) is 27.2 Å². The molecule has 0 radical (unpaired) electrons. The zero-order valence-electron chi connectivity index (χ0n) is 14.8. The van der Waals surface area contributed by atoms with Gasteiger partial charge in [-0.3, -0.25) is 4.79 Å². The molecule has 0 spiro atoms. The van der Waals surface area contributed by atoms with E-state index in [4.69, 9.17) is 9.47 Å². The first-order valence-corrected chi connectivity index (χ1v) is 9.83. The second-order valence-corrected chi connectivity index (χ2v) is 9.25. The van der Waals surface area contributed by atoms with Crippen LogP contribution in [0.3, 0.4) is 0 Å². The van der Waals surface area contributed by atoms with Gasteiger partial charge in [0, 0.05) is 37.7 Å². The number of nitrogens with zero attached hydrogens (tertiary/aromatic N) is 2. The van der Waals surface area contributed by atoms with E-state index >= 15 is 0 Å². The molecule has 0 bridgehead atoms. The van der Waals surface area contributed by atoms with Crippen molar-refractivity contribution in [3.05, 3.63) is 18.2 Å². The van der Waals surface area contributed by atoms with E-state index in [2.05, 4.69) is 0 Å². The lowest BCUT2D eigenvalue weighted by molar-refractivity contribution is -0.139. The summed E-state index contributed by atoms with van der Waals surface area (Å²) in [4.78, 5) is 14.4. The standard InChI is InChI=1S/C17H24N2O5S/c1-17(2,3)16(20)18-7-4-8-19(10-9-18)25(21,22)13-5-6-14-15(11-13)24-12-23-14/h5-6,11H,4,7-10,12H2,1-3H3. The normalized spacial score (nSPS) is 18.9. The van der Waals surface area contributed by atoms with Crippen molar-refractivity contribution in [2.45, 2.75) is 32.1 Å². The molecule has 1 amide bonds. The highest BCUT2D eigenvalue weighted by Gasteiger charge is 2.32. The molecule has 0 saturated carbocycles. The van der Waals surface area contributed by atoms with Gasteiger partial charge in [0.15, 0.2) is 11.5 Å². The minimum Gasteiger partial charge on any atom is -0.454 e. The summed E-state index contributed by atoms with van der Waals surface area (Å²) in [5.74, 6) is 1.05. The molecule has 0 atom stereocenters. The summed E-state index contributed by atoms with van der Waals surface area (Å²) < 4.78 is 37.8. The van der Waals surface area contributed by atoms with Crippen LogP contribution in [0.15, 0.2) is 23.1 Å². The monoisotopic (exact) mass is 368 g/mol. The van der Waals surface area contributed by atoms with Gasteiger partial charge in [-0.1, -0.05) is 20.8 Å². The van der Waals surface area contributed by atoms with Crippen molar-refractivity contribution in [2.75, 3.05) is 33.0 Å². The van der Waals surface area contributed by atoms with Crippen molar-refractivity contribution in [1.82, 2.24) is 9.21 Å². The topological polar surface area (TPSA) is 76.2 Å². The Kier molecular flexibility index (Phi) is 4.68. The van der Waals surface area contributed by atoms with Crippen molar-refractivity contribution in [2.24, 2.45) is 5.41 Å². The van der Waals surface area contributed by atoms with Crippen molar-refractivity contribution >= 4 is 15.9 Å². The maximum Gasteiger partial charge on any atom is 0.243 e. The fraction of sp³-hybridized carbons (Fsp3) is 0.588. The summed E-state index contributed by atoms with van der Waals surface area (Å²) in [6, 6.07) is 4.65. The molecule has 8 heteroatoms. The van der Waals surface area contributed by atoms with Gasteiger partial charge in [0.25, 0.3) is 0 Å². The zero-order valence-corrected chi connectivity index (χ0v) is 15.6. The maximum absolute atomic E-state index is 12.9. The van der Waals surface area contributed by atoms with E-state index < -0.39 is 15.4 Å². The molecular weight excluding hydrogens is 344 g/mol. The van der Waals surface area contributed by atoms with Gasteiger partial charge < -0.3 is 14.4 Å². The van der Waals surface area contributed by atoms with Crippen LogP contribution >= 0.6 is 0 Å². The molecule has 7 nitrogen and oxygen atoms in total. The molecule has 0 unspecified atom stereocenters. The highest BCUT2D eigenvalue weighted by molar-refractivity contribution is 7.89. The molecule has 1 saturated heterocycles. The molecule has 0 aromatic heterocycles. The lowest BCUT2D eigenvalue weighted by Gasteiger charge is -2.28. The molecule has 0 N–H and O–H groups in total. The Morgan fingerprint density at radius 1 is 1.04 bits per heavy atom. The summed E-state index contributed by atoms with van der Waals surface area (Å²) >= 11 is 0. The first kappa shape index (κ1) is 18.0. The number of fused-ring (bicyclic) bond motifs is 1. The van der Waals surface area contributed by atoms with E-state index in [0.29, 0.717) is 44.1 Å². The molecule has 0 aliphatic carbocycles. The van der Waals surface area contributed by atoms with Gasteiger partial charge in [0.2, 0.25) is 22.7 Å². The average Bonchev–Trinajstić information content (AvgIpc) is 2.87. The Labute approximate surface area is 148 Å². The van der Waals surface area contributed by atoms with Crippen LogP contribution in [0.5, 0.6) is 11.5 Å². The fourth-order valence-corrected chi connectivity index (χ4v) is 4.48. The van der Waals surface area contributed by atoms with Gasteiger partial charge in [0.05, 0.1) is 4.90 Å². The van der Waals surface area contributed by atoms with Crippen LogP contribution in [-0.2, 0) is 14.8 Å². The van der Waals surface area contributed by atoms with Gasteiger partial charge in [-0.25, -0.2) is 8.42 Å². The lowest BCUT2D eigenvalue weighted by Crippen LogP contribution is -2.42. The molecule has 1 fully saturated rings.